The van der Waals surface area contributed by atoms with Gasteiger partial charge in [-0.25, -0.2) is 14.4 Å². The third kappa shape index (κ3) is 10.5. The minimum Gasteiger partial charge on any atom is -0.449 e. The molecule has 0 aliphatic rings. The second-order valence-corrected chi connectivity index (χ2v) is 4.83. The minimum atomic E-state index is -0.784. The first-order valence-electron chi connectivity index (χ1n) is 7.44. The lowest BCUT2D eigenvalue weighted by atomic mass is 10.1. The van der Waals surface area contributed by atoms with Crippen molar-refractivity contribution in [2.45, 2.75) is 19.3 Å². The molecular formula is C14H23N3O8. The van der Waals surface area contributed by atoms with Crippen LogP contribution in [0, 0.1) is 5.92 Å². The molecule has 0 aliphatic carbocycles. The third-order valence-corrected chi connectivity index (χ3v) is 2.83. The van der Waals surface area contributed by atoms with Crippen molar-refractivity contribution < 1.29 is 38.3 Å². The van der Waals surface area contributed by atoms with Crippen molar-refractivity contribution in [2.24, 2.45) is 5.92 Å². The van der Waals surface area contributed by atoms with Crippen molar-refractivity contribution in [3.63, 3.8) is 0 Å². The Balaban J connectivity index is 4.54. The summed E-state index contributed by atoms with van der Waals surface area (Å²) in [7, 11) is 3.97. The predicted molar refractivity (Wildman–Crippen MR) is 83.1 cm³/mol. The Hall–Kier alpha value is -2.85. The highest BCUT2D eigenvalue weighted by molar-refractivity contribution is 5.79. The van der Waals surface area contributed by atoms with Crippen molar-refractivity contribution >= 4 is 30.3 Å². The number of ether oxygens (including phenoxy) is 2. The molecule has 142 valence electrons. The summed E-state index contributed by atoms with van der Waals surface area (Å²) < 4.78 is 9.67. The molecule has 0 bridgehead atoms. The monoisotopic (exact) mass is 361 g/mol. The highest BCUT2D eigenvalue weighted by Crippen LogP contribution is 2.08. The Morgan fingerprint density at radius 2 is 1.56 bits per heavy atom. The smallest absolute Gasteiger partial charge is 0.406 e. The fourth-order valence-corrected chi connectivity index (χ4v) is 1.51. The predicted octanol–water partition coefficient (Wildman–Crippen LogP) is -0.400. The van der Waals surface area contributed by atoms with Crippen molar-refractivity contribution in [3.8, 4) is 0 Å². The number of hydroxylamine groups is 2. The zero-order valence-electron chi connectivity index (χ0n) is 14.4. The van der Waals surface area contributed by atoms with Crippen LogP contribution < -0.4 is 10.6 Å². The standard InChI is InChI=1S/C14H23N3O8/c1-15-13(21)23-8-10(9-24-14(22)16-2)7-12(20)25-17(3)11(19)5-4-6-18/h6,10H,4-5,7-9H2,1-3H3,(H,15,21)(H,16,22). The molecule has 0 aromatic carbocycles. The fraction of sp³-hybridized carbons (Fsp3) is 0.643. The third-order valence-electron chi connectivity index (χ3n) is 2.83. The van der Waals surface area contributed by atoms with E-state index in [1.54, 1.807) is 0 Å². The molecule has 2 N–H and O–H groups in total. The van der Waals surface area contributed by atoms with Crippen LogP contribution in [0.2, 0.25) is 0 Å². The molecule has 0 heterocycles. The van der Waals surface area contributed by atoms with E-state index >= 15 is 0 Å². The fourth-order valence-electron chi connectivity index (χ4n) is 1.51. The van der Waals surface area contributed by atoms with E-state index in [9.17, 15) is 24.0 Å². The van der Waals surface area contributed by atoms with Crippen LogP contribution in [0.5, 0.6) is 0 Å². The summed E-state index contributed by atoms with van der Waals surface area (Å²) in [6.45, 7) is -0.400. The van der Waals surface area contributed by atoms with Crippen molar-refractivity contribution in [2.75, 3.05) is 34.4 Å². The molecule has 0 aromatic rings. The molecule has 0 saturated heterocycles. The Kier molecular flexibility index (Phi) is 11.1. The molecule has 3 amide bonds. The summed E-state index contributed by atoms with van der Waals surface area (Å²) in [6.07, 6.45) is -1.17. The van der Waals surface area contributed by atoms with Crippen molar-refractivity contribution in [3.05, 3.63) is 0 Å². The SMILES string of the molecule is CNC(=O)OCC(COC(=O)NC)CC(=O)ON(C)C(=O)CCC=O. The van der Waals surface area contributed by atoms with Crippen LogP contribution >= 0.6 is 0 Å². The van der Waals surface area contributed by atoms with E-state index in [-0.39, 0.29) is 32.5 Å². The maximum absolute atomic E-state index is 11.9. The highest BCUT2D eigenvalue weighted by Gasteiger charge is 2.22. The van der Waals surface area contributed by atoms with Gasteiger partial charge < -0.3 is 29.7 Å². The Bertz CT molecular complexity index is 463. The van der Waals surface area contributed by atoms with Crippen LogP contribution in [0.1, 0.15) is 19.3 Å². The summed E-state index contributed by atoms with van der Waals surface area (Å²) in [5.74, 6) is -1.99. The zero-order valence-corrected chi connectivity index (χ0v) is 14.4. The number of nitrogens with one attached hydrogen (secondary N) is 2. The number of rotatable bonds is 9. The molecule has 0 rings (SSSR count). The Labute approximate surface area is 144 Å². The van der Waals surface area contributed by atoms with Gasteiger partial charge in [0, 0.05) is 39.9 Å². The second kappa shape index (κ2) is 12.6. The van der Waals surface area contributed by atoms with Gasteiger partial charge >= 0.3 is 18.2 Å². The van der Waals surface area contributed by atoms with Crippen molar-refractivity contribution in [1.82, 2.24) is 15.7 Å². The molecule has 25 heavy (non-hydrogen) atoms. The maximum Gasteiger partial charge on any atom is 0.406 e. The number of aldehydes is 1. The number of hydrogen-bond donors (Lipinski definition) is 2. The Morgan fingerprint density at radius 1 is 1.04 bits per heavy atom. The van der Waals surface area contributed by atoms with Gasteiger partial charge in [-0.3, -0.25) is 4.79 Å². The molecule has 0 fully saturated rings. The van der Waals surface area contributed by atoms with E-state index in [0.29, 0.717) is 6.29 Å². The molecule has 0 aromatic heterocycles. The van der Waals surface area contributed by atoms with Gasteiger partial charge in [0.05, 0.1) is 19.6 Å². The van der Waals surface area contributed by atoms with Gasteiger partial charge in [0.1, 0.15) is 6.29 Å². The number of alkyl carbamates (subject to hydrolysis) is 2. The normalized spacial score (nSPS) is 9.76. The molecule has 11 heteroatoms. The van der Waals surface area contributed by atoms with Gasteiger partial charge in [-0.2, -0.15) is 5.06 Å². The molecule has 0 atom stereocenters. The van der Waals surface area contributed by atoms with Crippen LogP contribution in [-0.2, 0) is 28.7 Å². The molecule has 0 radical (unpaired) electrons. The van der Waals surface area contributed by atoms with Crippen LogP contribution in [0.4, 0.5) is 9.59 Å². The number of carbonyl (C=O) groups excluding carboxylic acids is 5. The summed E-state index contributed by atoms with van der Waals surface area (Å²) in [5, 5.41) is 5.20. The number of hydrogen-bond acceptors (Lipinski definition) is 8. The zero-order chi connectivity index (χ0) is 19.2. The van der Waals surface area contributed by atoms with E-state index in [1.165, 1.54) is 21.1 Å². The van der Waals surface area contributed by atoms with Gasteiger partial charge in [0.2, 0.25) is 0 Å². The Morgan fingerprint density at radius 3 is 2.00 bits per heavy atom. The van der Waals surface area contributed by atoms with Crippen LogP contribution in [0.3, 0.4) is 0 Å². The number of nitrogens with zero attached hydrogens (tertiary/aromatic N) is 1. The second-order valence-electron chi connectivity index (χ2n) is 4.83. The van der Waals surface area contributed by atoms with Crippen LogP contribution in [0.15, 0.2) is 0 Å². The summed E-state index contributed by atoms with van der Waals surface area (Å²) >= 11 is 0. The van der Waals surface area contributed by atoms with Gasteiger partial charge in [0.15, 0.2) is 0 Å². The first-order chi connectivity index (χ1) is 11.8. The lowest BCUT2D eigenvalue weighted by molar-refractivity contribution is -0.194. The number of amides is 3. The van der Waals surface area contributed by atoms with Crippen LogP contribution in [0.25, 0.3) is 0 Å². The van der Waals surface area contributed by atoms with E-state index in [4.69, 9.17) is 14.3 Å². The first kappa shape index (κ1) is 22.1. The summed E-state index contributed by atoms with van der Waals surface area (Å²) in [4.78, 5) is 60.7. The van der Waals surface area contributed by atoms with Crippen LogP contribution in [-0.4, -0.2) is 69.8 Å². The lowest BCUT2D eigenvalue weighted by Gasteiger charge is -2.19. The average molecular weight is 361 g/mol. The van der Waals surface area contributed by atoms with E-state index < -0.39 is 30.0 Å². The molecule has 0 aliphatic heterocycles. The summed E-state index contributed by atoms with van der Waals surface area (Å²) in [5.41, 5.74) is 0. The maximum atomic E-state index is 11.9. The quantitative estimate of drug-likeness (QED) is 0.417. The largest absolute Gasteiger partial charge is 0.449 e. The van der Waals surface area contributed by atoms with E-state index in [2.05, 4.69) is 10.6 Å². The topological polar surface area (TPSA) is 140 Å². The van der Waals surface area contributed by atoms with Gasteiger partial charge in [0.25, 0.3) is 5.91 Å². The highest BCUT2D eigenvalue weighted by atomic mass is 16.7. The van der Waals surface area contributed by atoms with E-state index in [0.717, 1.165) is 5.06 Å². The van der Waals surface area contributed by atoms with Gasteiger partial charge in [-0.15, -0.1) is 0 Å². The molecular weight excluding hydrogens is 338 g/mol. The van der Waals surface area contributed by atoms with Gasteiger partial charge in [-0.1, -0.05) is 0 Å². The molecule has 0 saturated carbocycles. The van der Waals surface area contributed by atoms with E-state index in [1.807, 2.05) is 0 Å². The molecule has 11 nitrogen and oxygen atoms in total. The van der Waals surface area contributed by atoms with Crippen molar-refractivity contribution in [1.29, 1.82) is 0 Å². The van der Waals surface area contributed by atoms with Gasteiger partial charge in [-0.05, 0) is 0 Å². The number of carbonyl (C=O) groups is 5. The average Bonchev–Trinajstić information content (AvgIpc) is 2.60. The minimum absolute atomic E-state index is 0.0172. The summed E-state index contributed by atoms with van der Waals surface area (Å²) in [6, 6.07) is 0. The molecule has 0 spiro atoms. The first-order valence-corrected chi connectivity index (χ1v) is 7.44. The molecule has 0 unspecified atom stereocenters. The lowest BCUT2D eigenvalue weighted by Crippen LogP contribution is -2.33.